The van der Waals surface area contributed by atoms with Gasteiger partial charge in [0, 0.05) is 10.6 Å². The summed E-state index contributed by atoms with van der Waals surface area (Å²) in [6, 6.07) is 24.4. The van der Waals surface area contributed by atoms with Crippen molar-refractivity contribution in [2.45, 2.75) is 12.5 Å². The van der Waals surface area contributed by atoms with Crippen LogP contribution in [0.3, 0.4) is 0 Å². The molecule has 0 bridgehead atoms. The molecular formula is C24H25O5P. The second-order valence-corrected chi connectivity index (χ2v) is 9.71. The van der Waals surface area contributed by atoms with E-state index in [0.29, 0.717) is 16.4 Å². The second kappa shape index (κ2) is 9.29. The Kier molecular flexibility index (Phi) is 6.76. The highest BCUT2D eigenvalue weighted by Gasteiger charge is 2.47. The lowest BCUT2D eigenvalue weighted by molar-refractivity contribution is -0.163. The van der Waals surface area contributed by atoms with Crippen LogP contribution in [0.1, 0.15) is 12.5 Å². The first-order chi connectivity index (χ1) is 14.4. The topological polar surface area (TPSA) is 72.8 Å². The van der Waals surface area contributed by atoms with Gasteiger partial charge in [-0.15, -0.1) is 0 Å². The normalized spacial score (nSPS) is 13.3. The van der Waals surface area contributed by atoms with Gasteiger partial charge in [0.15, 0.2) is 5.60 Å². The highest BCUT2D eigenvalue weighted by Crippen LogP contribution is 2.49. The number of hydrogen-bond acceptors (Lipinski definition) is 5. The van der Waals surface area contributed by atoms with E-state index in [1.165, 1.54) is 7.11 Å². The Balaban J connectivity index is 2.19. The van der Waals surface area contributed by atoms with Crippen LogP contribution in [0.15, 0.2) is 84.9 Å². The number of benzene rings is 3. The number of carbonyl (C=O) groups excluding carboxylic acids is 1. The van der Waals surface area contributed by atoms with E-state index in [1.807, 2.05) is 12.1 Å². The summed E-state index contributed by atoms with van der Waals surface area (Å²) in [5.74, 6) is -0.366. The predicted molar refractivity (Wildman–Crippen MR) is 118 cm³/mol. The van der Waals surface area contributed by atoms with Crippen LogP contribution < -0.4 is 15.3 Å². The molecule has 0 aliphatic rings. The van der Waals surface area contributed by atoms with E-state index < -0.39 is 18.7 Å². The molecule has 0 aliphatic carbocycles. The van der Waals surface area contributed by atoms with Crippen molar-refractivity contribution in [1.29, 1.82) is 0 Å². The summed E-state index contributed by atoms with van der Waals surface area (Å²) in [5.41, 5.74) is -1.85. The zero-order chi connectivity index (χ0) is 21.6. The lowest BCUT2D eigenvalue weighted by Gasteiger charge is -2.31. The van der Waals surface area contributed by atoms with E-state index in [9.17, 15) is 14.5 Å². The molecule has 156 valence electrons. The molecule has 0 heterocycles. The fourth-order valence-corrected chi connectivity index (χ4v) is 6.32. The third-order valence-corrected chi connectivity index (χ3v) is 8.13. The van der Waals surface area contributed by atoms with Gasteiger partial charge in [-0.05, 0) is 24.6 Å². The number of methoxy groups -OCH3 is 1. The lowest BCUT2D eigenvalue weighted by Crippen LogP contribution is -2.43. The van der Waals surface area contributed by atoms with Gasteiger partial charge >= 0.3 is 5.97 Å². The molecule has 6 heteroatoms. The summed E-state index contributed by atoms with van der Waals surface area (Å²) >= 11 is 0. The summed E-state index contributed by atoms with van der Waals surface area (Å²) in [6.45, 7) is 1.75. The van der Waals surface area contributed by atoms with Gasteiger partial charge in [0.1, 0.15) is 12.9 Å². The van der Waals surface area contributed by atoms with Crippen molar-refractivity contribution >= 4 is 23.7 Å². The highest BCUT2D eigenvalue weighted by molar-refractivity contribution is 7.78. The first kappa shape index (κ1) is 21.8. The lowest BCUT2D eigenvalue weighted by atomic mass is 9.95. The van der Waals surface area contributed by atoms with Gasteiger partial charge in [0.05, 0.1) is 19.9 Å². The maximum atomic E-state index is 14.5. The number of esters is 1. The van der Waals surface area contributed by atoms with Crippen molar-refractivity contribution in [2.24, 2.45) is 0 Å². The molecule has 5 nitrogen and oxygen atoms in total. The van der Waals surface area contributed by atoms with Gasteiger partial charge in [-0.2, -0.15) is 0 Å². The van der Waals surface area contributed by atoms with Crippen molar-refractivity contribution < 1.29 is 23.9 Å². The summed E-state index contributed by atoms with van der Waals surface area (Å²) in [5, 5.41) is 12.8. The number of aliphatic hydroxyl groups is 1. The predicted octanol–water partition coefficient (Wildman–Crippen LogP) is 3.46. The summed E-state index contributed by atoms with van der Waals surface area (Å²) in [6.07, 6.45) is -0.333. The number of hydrogen-bond donors (Lipinski definition) is 1. The van der Waals surface area contributed by atoms with Crippen molar-refractivity contribution in [2.75, 3.05) is 19.9 Å². The third kappa shape index (κ3) is 4.33. The Bertz CT molecular complexity index is 992. The zero-order valence-corrected chi connectivity index (χ0v) is 17.9. The molecule has 0 amide bonds. The zero-order valence-electron chi connectivity index (χ0n) is 17.0. The molecule has 1 N–H and O–H groups in total. The molecule has 1 unspecified atom stereocenters. The Labute approximate surface area is 176 Å². The van der Waals surface area contributed by atoms with Crippen LogP contribution in [0.2, 0.25) is 0 Å². The fraction of sp³-hybridized carbons (Fsp3) is 0.208. The summed E-state index contributed by atoms with van der Waals surface area (Å²) in [7, 11) is -1.90. The van der Waals surface area contributed by atoms with Gasteiger partial charge in [-0.3, -0.25) is 0 Å². The SMILES string of the molecule is CCOC(=O)C(O)(CP(=O)(c1ccccc1)c1ccccc1)c1cccc(OC)c1. The quantitative estimate of drug-likeness (QED) is 0.443. The molecular weight excluding hydrogens is 399 g/mol. The molecule has 3 aromatic rings. The summed E-state index contributed by atoms with van der Waals surface area (Å²) < 4.78 is 24.9. The standard InChI is InChI=1S/C24H25O5P/c1-3-29-23(25)24(26,19-11-10-12-20(17-19)28-2)18-30(27,21-13-6-4-7-14-21)22-15-8-5-9-16-22/h4-17,26H,3,18H2,1-2H3. The van der Waals surface area contributed by atoms with Crippen molar-refractivity contribution in [3.63, 3.8) is 0 Å². The van der Waals surface area contributed by atoms with Gasteiger partial charge in [-0.25, -0.2) is 4.79 Å². The molecule has 0 saturated carbocycles. The molecule has 0 aliphatic heterocycles. The smallest absolute Gasteiger partial charge is 0.343 e. The minimum absolute atomic E-state index is 0.0894. The molecule has 0 saturated heterocycles. The van der Waals surface area contributed by atoms with Crippen LogP contribution in [0.5, 0.6) is 5.75 Å². The number of carbonyl (C=O) groups is 1. The van der Waals surface area contributed by atoms with E-state index in [-0.39, 0.29) is 18.3 Å². The van der Waals surface area contributed by atoms with E-state index >= 15 is 0 Å². The minimum atomic E-state index is -3.40. The van der Waals surface area contributed by atoms with Crippen LogP contribution in [-0.2, 0) is 19.7 Å². The van der Waals surface area contributed by atoms with Crippen LogP contribution in [-0.4, -0.2) is 31.0 Å². The van der Waals surface area contributed by atoms with E-state index in [4.69, 9.17) is 9.47 Å². The molecule has 0 spiro atoms. The average Bonchev–Trinajstić information content (AvgIpc) is 2.80. The fourth-order valence-electron chi connectivity index (χ4n) is 3.40. The molecule has 30 heavy (non-hydrogen) atoms. The molecule has 1 atom stereocenters. The monoisotopic (exact) mass is 424 g/mol. The van der Waals surface area contributed by atoms with Gasteiger partial charge in [-0.1, -0.05) is 72.8 Å². The molecule has 3 rings (SSSR count). The number of ether oxygens (including phenoxy) is 2. The maximum Gasteiger partial charge on any atom is 0.343 e. The third-order valence-electron chi connectivity index (χ3n) is 4.96. The van der Waals surface area contributed by atoms with E-state index in [2.05, 4.69) is 0 Å². The Morgan fingerprint density at radius 1 is 0.933 bits per heavy atom. The Morgan fingerprint density at radius 2 is 1.50 bits per heavy atom. The first-order valence-electron chi connectivity index (χ1n) is 9.68. The van der Waals surface area contributed by atoms with Crippen molar-refractivity contribution in [1.82, 2.24) is 0 Å². The molecule has 0 fully saturated rings. The van der Waals surface area contributed by atoms with Gasteiger partial charge in [0.25, 0.3) is 0 Å². The maximum absolute atomic E-state index is 14.5. The molecule has 0 aromatic heterocycles. The first-order valence-corrected chi connectivity index (χ1v) is 11.6. The Hall–Kier alpha value is -2.88. The van der Waals surface area contributed by atoms with Crippen molar-refractivity contribution in [3.8, 4) is 5.75 Å². The van der Waals surface area contributed by atoms with E-state index in [0.717, 1.165) is 0 Å². The van der Waals surface area contributed by atoms with Crippen molar-refractivity contribution in [3.05, 3.63) is 90.5 Å². The van der Waals surface area contributed by atoms with E-state index in [1.54, 1.807) is 79.7 Å². The molecule has 0 radical (unpaired) electrons. The summed E-state index contributed by atoms with van der Waals surface area (Å²) in [4.78, 5) is 13.0. The Morgan fingerprint density at radius 3 is 2.00 bits per heavy atom. The van der Waals surface area contributed by atoms with Gasteiger partial charge in [0.2, 0.25) is 0 Å². The van der Waals surface area contributed by atoms with Crippen LogP contribution >= 0.6 is 7.14 Å². The highest BCUT2D eigenvalue weighted by atomic mass is 31.2. The largest absolute Gasteiger partial charge is 0.497 e. The van der Waals surface area contributed by atoms with Gasteiger partial charge < -0.3 is 19.1 Å². The van der Waals surface area contributed by atoms with Crippen LogP contribution in [0.4, 0.5) is 0 Å². The molecule has 3 aromatic carbocycles. The number of rotatable bonds is 8. The van der Waals surface area contributed by atoms with Crippen LogP contribution in [0.25, 0.3) is 0 Å². The second-order valence-electron chi connectivity index (χ2n) is 6.88. The minimum Gasteiger partial charge on any atom is -0.497 e. The average molecular weight is 424 g/mol. The van der Waals surface area contributed by atoms with Crippen LogP contribution in [0, 0.1) is 0 Å².